The highest BCUT2D eigenvalue weighted by molar-refractivity contribution is 6.04. The molecule has 0 radical (unpaired) electrons. The van der Waals surface area contributed by atoms with Crippen LogP contribution in [0.1, 0.15) is 51.0 Å². The fraction of sp³-hybridized carbons (Fsp3) is 0.556. The van der Waals surface area contributed by atoms with Crippen molar-refractivity contribution in [3.8, 4) is 6.07 Å². The number of para-hydroxylation sites is 1. The van der Waals surface area contributed by atoms with Crippen molar-refractivity contribution in [2.45, 2.75) is 58.1 Å². The summed E-state index contributed by atoms with van der Waals surface area (Å²) in [6.07, 6.45) is 9.96. The van der Waals surface area contributed by atoms with Gasteiger partial charge in [0, 0.05) is 55.4 Å². The first-order chi connectivity index (χ1) is 16.6. The predicted molar refractivity (Wildman–Crippen MR) is 135 cm³/mol. The van der Waals surface area contributed by atoms with E-state index in [1.165, 1.54) is 25.7 Å². The summed E-state index contributed by atoms with van der Waals surface area (Å²) in [6, 6.07) is 9.94. The molecule has 0 saturated carbocycles. The van der Waals surface area contributed by atoms with Gasteiger partial charge < -0.3 is 19.7 Å². The minimum absolute atomic E-state index is 0.0998. The number of unbranched alkanes of at least 4 members (excludes halogenated alkanes) is 5. The molecule has 184 valence electrons. The number of β-amino-alcohol motifs (C(OH)–C–C–N with tert-alkyl or cyclic N) is 1. The average molecular weight is 467 g/mol. The second kappa shape index (κ2) is 13.9. The van der Waals surface area contributed by atoms with Gasteiger partial charge in [0.25, 0.3) is 5.91 Å². The first-order valence-electron chi connectivity index (χ1n) is 12.6. The van der Waals surface area contributed by atoms with Crippen molar-refractivity contribution >= 4 is 22.9 Å². The molecule has 7 nitrogen and oxygen atoms in total. The molecule has 3 rings (SSSR count). The van der Waals surface area contributed by atoms with E-state index in [2.05, 4.69) is 23.2 Å². The Balaban J connectivity index is 1.64. The van der Waals surface area contributed by atoms with Crippen LogP contribution in [0.2, 0.25) is 0 Å². The Kier molecular flexibility index (Phi) is 10.6. The van der Waals surface area contributed by atoms with Crippen LogP contribution in [0.4, 0.5) is 0 Å². The molecular weight excluding hydrogens is 428 g/mol. The highest BCUT2D eigenvalue weighted by Crippen LogP contribution is 2.24. The third-order valence-corrected chi connectivity index (χ3v) is 6.28. The van der Waals surface area contributed by atoms with Crippen molar-refractivity contribution in [2.24, 2.45) is 0 Å². The highest BCUT2D eigenvalue weighted by Gasteiger charge is 2.17. The molecule has 0 bridgehead atoms. The second-order valence-electron chi connectivity index (χ2n) is 9.01. The zero-order valence-corrected chi connectivity index (χ0v) is 20.3. The molecular formula is C27H38N4O3. The van der Waals surface area contributed by atoms with Crippen LogP contribution in [-0.4, -0.2) is 66.0 Å². The molecule has 2 N–H and O–H groups in total. The molecule has 7 heteroatoms. The minimum atomic E-state index is -0.526. The Morgan fingerprint density at radius 3 is 2.68 bits per heavy atom. The SMILES string of the molecule is CCCCCCCCNC(=O)/C(C#N)=C/c1cn(CC(O)CN2CCOCC2)c2ccccc12. The number of hydrogen-bond donors (Lipinski definition) is 2. The van der Waals surface area contributed by atoms with Crippen molar-refractivity contribution in [2.75, 3.05) is 39.4 Å². The monoisotopic (exact) mass is 466 g/mol. The zero-order valence-electron chi connectivity index (χ0n) is 20.3. The van der Waals surface area contributed by atoms with Crippen LogP contribution < -0.4 is 5.32 Å². The molecule has 0 aliphatic carbocycles. The van der Waals surface area contributed by atoms with Gasteiger partial charge in [-0.1, -0.05) is 57.2 Å². The van der Waals surface area contributed by atoms with Gasteiger partial charge in [-0.05, 0) is 18.6 Å². The molecule has 1 saturated heterocycles. The van der Waals surface area contributed by atoms with Gasteiger partial charge >= 0.3 is 0 Å². The first-order valence-corrected chi connectivity index (χ1v) is 12.6. The van der Waals surface area contributed by atoms with Crippen LogP contribution in [-0.2, 0) is 16.1 Å². The van der Waals surface area contributed by atoms with E-state index in [9.17, 15) is 15.2 Å². The lowest BCUT2D eigenvalue weighted by Gasteiger charge is -2.28. The number of morpholine rings is 1. The molecule has 1 aromatic heterocycles. The number of nitrogens with one attached hydrogen (secondary N) is 1. The Morgan fingerprint density at radius 1 is 1.18 bits per heavy atom. The molecule has 2 heterocycles. The number of hydrogen-bond acceptors (Lipinski definition) is 5. The number of aromatic nitrogens is 1. The van der Waals surface area contributed by atoms with Gasteiger partial charge in [0.05, 0.1) is 19.3 Å². The fourth-order valence-electron chi connectivity index (χ4n) is 4.41. The van der Waals surface area contributed by atoms with Gasteiger partial charge in [-0.15, -0.1) is 0 Å². The third-order valence-electron chi connectivity index (χ3n) is 6.28. The number of rotatable bonds is 13. The van der Waals surface area contributed by atoms with E-state index < -0.39 is 6.10 Å². The number of carbonyl (C=O) groups excluding carboxylic acids is 1. The molecule has 1 aromatic carbocycles. The Morgan fingerprint density at radius 2 is 1.91 bits per heavy atom. The predicted octanol–water partition coefficient (Wildman–Crippen LogP) is 3.72. The number of benzene rings is 1. The van der Waals surface area contributed by atoms with Crippen molar-refractivity contribution in [3.63, 3.8) is 0 Å². The molecule has 0 spiro atoms. The maximum atomic E-state index is 12.6. The van der Waals surface area contributed by atoms with Crippen molar-refractivity contribution in [1.82, 2.24) is 14.8 Å². The van der Waals surface area contributed by atoms with Crippen molar-refractivity contribution < 1.29 is 14.6 Å². The zero-order chi connectivity index (χ0) is 24.2. The molecule has 1 fully saturated rings. The van der Waals surface area contributed by atoms with Gasteiger partial charge in [-0.2, -0.15) is 5.26 Å². The maximum absolute atomic E-state index is 12.6. The summed E-state index contributed by atoms with van der Waals surface area (Å²) in [6.45, 7) is 6.87. The number of nitriles is 1. The highest BCUT2D eigenvalue weighted by atomic mass is 16.5. The van der Waals surface area contributed by atoms with Crippen molar-refractivity contribution in [3.05, 3.63) is 41.6 Å². The minimum Gasteiger partial charge on any atom is -0.390 e. The summed E-state index contributed by atoms with van der Waals surface area (Å²) in [5.41, 5.74) is 1.88. The number of fused-ring (bicyclic) bond motifs is 1. The number of aliphatic hydroxyl groups excluding tert-OH is 1. The largest absolute Gasteiger partial charge is 0.390 e. The second-order valence-corrected chi connectivity index (χ2v) is 9.01. The summed E-state index contributed by atoms with van der Waals surface area (Å²) in [5.74, 6) is -0.333. The summed E-state index contributed by atoms with van der Waals surface area (Å²) in [7, 11) is 0. The number of aliphatic hydroxyl groups is 1. The number of carbonyl (C=O) groups is 1. The molecule has 1 aliphatic heterocycles. The van der Waals surface area contributed by atoms with Crippen LogP contribution in [0.25, 0.3) is 17.0 Å². The Labute approximate surface area is 203 Å². The van der Waals surface area contributed by atoms with E-state index in [0.717, 1.165) is 42.4 Å². The van der Waals surface area contributed by atoms with Crippen LogP contribution in [0.3, 0.4) is 0 Å². The van der Waals surface area contributed by atoms with Gasteiger partial charge in [0.1, 0.15) is 11.6 Å². The number of ether oxygens (including phenoxy) is 1. The fourth-order valence-corrected chi connectivity index (χ4v) is 4.41. The number of amides is 1. The molecule has 34 heavy (non-hydrogen) atoms. The lowest BCUT2D eigenvalue weighted by molar-refractivity contribution is -0.117. The topological polar surface area (TPSA) is 90.5 Å². The van der Waals surface area contributed by atoms with Crippen LogP contribution in [0, 0.1) is 11.3 Å². The molecule has 1 aliphatic rings. The van der Waals surface area contributed by atoms with Gasteiger partial charge in [-0.25, -0.2) is 0 Å². The van der Waals surface area contributed by atoms with E-state index in [-0.39, 0.29) is 11.5 Å². The van der Waals surface area contributed by atoms with E-state index in [1.807, 2.05) is 35.0 Å². The summed E-state index contributed by atoms with van der Waals surface area (Å²) >= 11 is 0. The number of nitrogens with zero attached hydrogens (tertiary/aromatic N) is 3. The summed E-state index contributed by atoms with van der Waals surface area (Å²) in [4.78, 5) is 14.8. The lowest BCUT2D eigenvalue weighted by atomic mass is 10.1. The summed E-state index contributed by atoms with van der Waals surface area (Å²) < 4.78 is 7.39. The standard InChI is InChI=1S/C27H38N4O3/c1-2-3-4-5-6-9-12-29-27(33)22(18-28)17-23-19-31(26-11-8-7-10-25(23)26)21-24(32)20-30-13-15-34-16-14-30/h7-8,10-11,17,19,24,32H,2-6,9,12-16,20-21H2,1H3,(H,29,33)/b22-17+. The maximum Gasteiger partial charge on any atom is 0.261 e. The van der Waals surface area contributed by atoms with E-state index in [4.69, 9.17) is 4.74 Å². The average Bonchev–Trinajstić information content (AvgIpc) is 3.19. The van der Waals surface area contributed by atoms with Crippen LogP contribution in [0.15, 0.2) is 36.0 Å². The van der Waals surface area contributed by atoms with E-state index in [1.54, 1.807) is 6.08 Å². The third kappa shape index (κ3) is 7.69. The normalized spacial score (nSPS) is 15.9. The molecule has 1 amide bonds. The Hall–Kier alpha value is -2.66. The summed E-state index contributed by atoms with van der Waals surface area (Å²) in [5, 5.41) is 24.2. The van der Waals surface area contributed by atoms with Gasteiger partial charge in [-0.3, -0.25) is 9.69 Å². The van der Waals surface area contributed by atoms with Gasteiger partial charge in [0.15, 0.2) is 0 Å². The van der Waals surface area contributed by atoms with Crippen molar-refractivity contribution in [1.29, 1.82) is 5.26 Å². The molecule has 2 aromatic rings. The first kappa shape index (κ1) is 26.0. The Bertz CT molecular complexity index is 985. The molecule has 1 unspecified atom stereocenters. The quantitative estimate of drug-likeness (QED) is 0.267. The van der Waals surface area contributed by atoms with Crippen LogP contribution in [0.5, 0.6) is 0 Å². The van der Waals surface area contributed by atoms with E-state index in [0.29, 0.717) is 32.8 Å². The lowest BCUT2D eigenvalue weighted by Crippen LogP contribution is -2.41. The molecule has 1 atom stereocenters. The van der Waals surface area contributed by atoms with E-state index >= 15 is 0 Å². The smallest absolute Gasteiger partial charge is 0.261 e. The van der Waals surface area contributed by atoms with Crippen LogP contribution >= 0.6 is 0 Å². The van der Waals surface area contributed by atoms with Gasteiger partial charge in [0.2, 0.25) is 0 Å².